The number of aromatic nitrogens is 1. The van der Waals surface area contributed by atoms with Gasteiger partial charge in [-0.1, -0.05) is 17.7 Å². The summed E-state index contributed by atoms with van der Waals surface area (Å²) in [6.45, 7) is 2.99. The van der Waals surface area contributed by atoms with Gasteiger partial charge in [-0.25, -0.2) is 4.39 Å². The number of ether oxygens (including phenoxy) is 1. The van der Waals surface area contributed by atoms with Gasteiger partial charge < -0.3 is 15.0 Å². The summed E-state index contributed by atoms with van der Waals surface area (Å²) in [7, 11) is 1.48. The Morgan fingerprint density at radius 1 is 1.17 bits per heavy atom. The Labute approximate surface area is 134 Å². The molecule has 3 aromatic rings. The second-order valence-electron chi connectivity index (χ2n) is 6.10. The van der Waals surface area contributed by atoms with Crippen LogP contribution in [0.2, 0.25) is 0 Å². The van der Waals surface area contributed by atoms with Gasteiger partial charge in [0.2, 0.25) is 0 Å². The van der Waals surface area contributed by atoms with Crippen molar-refractivity contribution in [2.75, 3.05) is 13.7 Å². The molecule has 2 aromatic carbocycles. The molecule has 0 spiro atoms. The van der Waals surface area contributed by atoms with Crippen molar-refractivity contribution >= 4 is 10.9 Å². The molecule has 4 heteroatoms. The van der Waals surface area contributed by atoms with Crippen LogP contribution < -0.4 is 10.1 Å². The van der Waals surface area contributed by atoms with E-state index in [0.29, 0.717) is 0 Å². The molecular formula is C19H19FN2O. The minimum absolute atomic E-state index is 0.0214. The van der Waals surface area contributed by atoms with Crippen LogP contribution in [0.15, 0.2) is 36.4 Å². The first-order valence-electron chi connectivity index (χ1n) is 7.85. The number of fused-ring (bicyclic) bond motifs is 3. The van der Waals surface area contributed by atoms with Crippen molar-refractivity contribution in [3.05, 3.63) is 64.6 Å². The number of rotatable bonds is 2. The van der Waals surface area contributed by atoms with Gasteiger partial charge in [0.05, 0.1) is 13.2 Å². The van der Waals surface area contributed by atoms with Crippen LogP contribution in [-0.4, -0.2) is 18.6 Å². The number of hydrogen-bond donors (Lipinski definition) is 2. The largest absolute Gasteiger partial charge is 0.494 e. The number of H-pyrrole nitrogens is 1. The molecule has 0 saturated carbocycles. The lowest BCUT2D eigenvalue weighted by molar-refractivity contribution is 0.385. The zero-order valence-corrected chi connectivity index (χ0v) is 13.2. The minimum Gasteiger partial charge on any atom is -0.494 e. The van der Waals surface area contributed by atoms with Crippen LogP contribution in [-0.2, 0) is 6.42 Å². The highest BCUT2D eigenvalue weighted by Gasteiger charge is 2.25. The van der Waals surface area contributed by atoms with Crippen molar-refractivity contribution < 1.29 is 9.13 Å². The van der Waals surface area contributed by atoms with E-state index in [2.05, 4.69) is 35.4 Å². The number of hydrogen-bond acceptors (Lipinski definition) is 2. The molecule has 1 aromatic heterocycles. The Bertz CT molecular complexity index is 884. The summed E-state index contributed by atoms with van der Waals surface area (Å²) in [6, 6.07) is 11.6. The number of methoxy groups -OCH3 is 1. The SMILES string of the molecule is COc1ccc(C2NCCc3c2[nH]c2ccc(C)cc32)cc1F. The third-order valence-corrected chi connectivity index (χ3v) is 4.62. The van der Waals surface area contributed by atoms with Crippen molar-refractivity contribution in [3.8, 4) is 5.75 Å². The van der Waals surface area contributed by atoms with Crippen molar-refractivity contribution in [1.82, 2.24) is 10.3 Å². The Kier molecular flexibility index (Phi) is 3.34. The first-order valence-corrected chi connectivity index (χ1v) is 7.85. The van der Waals surface area contributed by atoms with E-state index in [-0.39, 0.29) is 17.6 Å². The molecule has 4 rings (SSSR count). The van der Waals surface area contributed by atoms with Crippen LogP contribution >= 0.6 is 0 Å². The summed E-state index contributed by atoms with van der Waals surface area (Å²) >= 11 is 0. The highest BCUT2D eigenvalue weighted by molar-refractivity contribution is 5.86. The molecule has 3 nitrogen and oxygen atoms in total. The minimum atomic E-state index is -0.328. The molecule has 1 atom stereocenters. The van der Waals surface area contributed by atoms with E-state index in [9.17, 15) is 4.39 Å². The van der Waals surface area contributed by atoms with E-state index < -0.39 is 0 Å². The third kappa shape index (κ3) is 2.30. The van der Waals surface area contributed by atoms with Gasteiger partial charge in [0.15, 0.2) is 11.6 Å². The summed E-state index contributed by atoms with van der Waals surface area (Å²) in [5.41, 5.74) is 5.78. The second kappa shape index (κ2) is 5.39. The predicted molar refractivity (Wildman–Crippen MR) is 89.5 cm³/mol. The van der Waals surface area contributed by atoms with Crippen LogP contribution in [0.1, 0.15) is 28.4 Å². The lowest BCUT2D eigenvalue weighted by atomic mass is 9.94. The van der Waals surface area contributed by atoms with Gasteiger partial charge in [-0.2, -0.15) is 0 Å². The molecule has 118 valence electrons. The summed E-state index contributed by atoms with van der Waals surface area (Å²) in [5.74, 6) is -0.0528. The van der Waals surface area contributed by atoms with Gasteiger partial charge in [-0.3, -0.25) is 0 Å². The van der Waals surface area contributed by atoms with Crippen LogP contribution in [0.4, 0.5) is 4.39 Å². The molecule has 1 aliphatic heterocycles. The van der Waals surface area contributed by atoms with E-state index in [4.69, 9.17) is 4.74 Å². The van der Waals surface area contributed by atoms with Gasteiger partial charge in [-0.05, 0) is 48.7 Å². The monoisotopic (exact) mass is 310 g/mol. The van der Waals surface area contributed by atoms with E-state index in [0.717, 1.165) is 29.7 Å². The zero-order chi connectivity index (χ0) is 16.0. The topological polar surface area (TPSA) is 37.0 Å². The fraction of sp³-hybridized carbons (Fsp3) is 0.263. The Hall–Kier alpha value is -2.33. The van der Waals surface area contributed by atoms with Crippen molar-refractivity contribution in [2.45, 2.75) is 19.4 Å². The molecule has 0 bridgehead atoms. The maximum atomic E-state index is 14.1. The fourth-order valence-electron chi connectivity index (χ4n) is 3.49. The quantitative estimate of drug-likeness (QED) is 0.754. The molecular weight excluding hydrogens is 291 g/mol. The van der Waals surface area contributed by atoms with Crippen LogP contribution in [0.3, 0.4) is 0 Å². The lowest BCUT2D eigenvalue weighted by Crippen LogP contribution is -2.30. The molecule has 0 saturated heterocycles. The van der Waals surface area contributed by atoms with Gasteiger partial charge >= 0.3 is 0 Å². The molecule has 0 radical (unpaired) electrons. The highest BCUT2D eigenvalue weighted by atomic mass is 19.1. The van der Waals surface area contributed by atoms with Crippen molar-refractivity contribution in [2.24, 2.45) is 0 Å². The molecule has 0 aliphatic carbocycles. The third-order valence-electron chi connectivity index (χ3n) is 4.62. The fourth-order valence-corrected chi connectivity index (χ4v) is 3.49. The molecule has 2 N–H and O–H groups in total. The van der Waals surface area contributed by atoms with E-state index >= 15 is 0 Å². The number of aromatic amines is 1. The molecule has 23 heavy (non-hydrogen) atoms. The van der Waals surface area contributed by atoms with E-state index in [1.165, 1.54) is 23.6 Å². The van der Waals surface area contributed by atoms with E-state index in [1.54, 1.807) is 12.1 Å². The molecule has 1 unspecified atom stereocenters. The number of aryl methyl sites for hydroxylation is 1. The molecule has 2 heterocycles. The number of halogens is 1. The average molecular weight is 310 g/mol. The van der Waals surface area contributed by atoms with Crippen LogP contribution in [0, 0.1) is 12.7 Å². The lowest BCUT2D eigenvalue weighted by Gasteiger charge is -2.25. The number of nitrogens with one attached hydrogen (secondary N) is 2. The average Bonchev–Trinajstić information content (AvgIpc) is 2.92. The van der Waals surface area contributed by atoms with Gasteiger partial charge in [-0.15, -0.1) is 0 Å². The first-order chi connectivity index (χ1) is 11.2. The Morgan fingerprint density at radius 3 is 2.83 bits per heavy atom. The maximum absolute atomic E-state index is 14.1. The normalized spacial score (nSPS) is 17.3. The molecule has 1 aliphatic rings. The Balaban J connectivity index is 1.84. The maximum Gasteiger partial charge on any atom is 0.165 e. The zero-order valence-electron chi connectivity index (χ0n) is 13.2. The standard InChI is InChI=1S/C19H19FN2O/c1-11-3-5-16-14(9-11)13-7-8-21-18(19(13)22-16)12-4-6-17(23-2)15(20)10-12/h3-6,9-10,18,21-22H,7-8H2,1-2H3. The summed E-state index contributed by atoms with van der Waals surface area (Å²) in [4.78, 5) is 3.52. The number of benzene rings is 2. The van der Waals surface area contributed by atoms with Crippen molar-refractivity contribution in [1.29, 1.82) is 0 Å². The van der Waals surface area contributed by atoms with Crippen molar-refractivity contribution in [3.63, 3.8) is 0 Å². The van der Waals surface area contributed by atoms with Gasteiger partial charge in [0.25, 0.3) is 0 Å². The Morgan fingerprint density at radius 2 is 2.04 bits per heavy atom. The van der Waals surface area contributed by atoms with Gasteiger partial charge in [0, 0.05) is 23.1 Å². The van der Waals surface area contributed by atoms with Crippen LogP contribution in [0.25, 0.3) is 10.9 Å². The summed E-state index contributed by atoms with van der Waals surface area (Å²) in [5, 5.41) is 4.77. The predicted octanol–water partition coefficient (Wildman–Crippen LogP) is 3.86. The van der Waals surface area contributed by atoms with Crippen LogP contribution in [0.5, 0.6) is 5.75 Å². The summed E-state index contributed by atoms with van der Waals surface area (Å²) in [6.07, 6.45) is 0.980. The smallest absolute Gasteiger partial charge is 0.165 e. The highest BCUT2D eigenvalue weighted by Crippen LogP contribution is 2.34. The molecule has 0 fully saturated rings. The van der Waals surface area contributed by atoms with E-state index in [1.807, 2.05) is 6.07 Å². The van der Waals surface area contributed by atoms with Gasteiger partial charge in [0.1, 0.15) is 0 Å². The first kappa shape index (κ1) is 14.3. The molecule has 0 amide bonds. The second-order valence-corrected chi connectivity index (χ2v) is 6.10. The summed E-state index contributed by atoms with van der Waals surface area (Å²) < 4.78 is 19.1.